The Kier molecular flexibility index (Phi) is 4.16. The highest BCUT2D eigenvalue weighted by Crippen LogP contribution is 2.28. The van der Waals surface area contributed by atoms with Crippen LogP contribution in [0.25, 0.3) is 10.2 Å². The van der Waals surface area contributed by atoms with Crippen LogP contribution in [0, 0.1) is 6.92 Å². The van der Waals surface area contributed by atoms with Crippen molar-refractivity contribution in [3.8, 4) is 0 Å². The van der Waals surface area contributed by atoms with Gasteiger partial charge in [-0.25, -0.2) is 4.98 Å². The summed E-state index contributed by atoms with van der Waals surface area (Å²) < 4.78 is 0. The highest BCUT2D eigenvalue weighted by Gasteiger charge is 2.10. The number of nitrogens with one attached hydrogen (secondary N) is 2. The first-order valence-electron chi connectivity index (χ1n) is 6.14. The van der Waals surface area contributed by atoms with Crippen LogP contribution in [-0.2, 0) is 4.79 Å². The number of nitrogens with two attached hydrogens (primary N) is 1. The molecule has 0 aliphatic rings. The zero-order valence-corrected chi connectivity index (χ0v) is 11.8. The van der Waals surface area contributed by atoms with E-state index in [0.29, 0.717) is 12.4 Å². The van der Waals surface area contributed by atoms with E-state index in [1.54, 1.807) is 11.3 Å². The van der Waals surface area contributed by atoms with E-state index < -0.39 is 0 Å². The van der Waals surface area contributed by atoms with Gasteiger partial charge >= 0.3 is 0 Å². The lowest BCUT2D eigenvalue weighted by molar-refractivity contribution is -0.119. The molecule has 0 fully saturated rings. The predicted molar refractivity (Wildman–Crippen MR) is 78.4 cm³/mol. The number of fused-ring (bicyclic) bond motifs is 1. The molecule has 2 aromatic rings. The van der Waals surface area contributed by atoms with Gasteiger partial charge in [-0.15, -0.1) is 11.3 Å². The Morgan fingerprint density at radius 1 is 1.47 bits per heavy atom. The minimum Gasteiger partial charge on any atom is -0.368 e. The summed E-state index contributed by atoms with van der Waals surface area (Å²) in [6, 6.07) is 1.99. The smallest absolute Gasteiger partial charge is 0.239 e. The first-order chi connectivity index (χ1) is 9.10. The molecular weight excluding hydrogens is 262 g/mol. The highest BCUT2D eigenvalue weighted by atomic mass is 32.1. The third-order valence-corrected chi connectivity index (χ3v) is 3.47. The minimum absolute atomic E-state index is 0.0564. The quantitative estimate of drug-likeness (QED) is 0.771. The average molecular weight is 279 g/mol. The van der Waals surface area contributed by atoms with Crippen LogP contribution in [0.1, 0.15) is 18.2 Å². The van der Waals surface area contributed by atoms with Crippen LogP contribution in [0.2, 0.25) is 0 Å². The minimum atomic E-state index is -0.0564. The molecule has 7 heteroatoms. The van der Waals surface area contributed by atoms with Crippen LogP contribution in [-0.4, -0.2) is 29.0 Å². The third kappa shape index (κ3) is 3.31. The largest absolute Gasteiger partial charge is 0.368 e. The van der Waals surface area contributed by atoms with Gasteiger partial charge < -0.3 is 16.4 Å². The molecule has 102 valence electrons. The first kappa shape index (κ1) is 13.5. The maximum absolute atomic E-state index is 11.6. The molecule has 2 heterocycles. The molecule has 0 saturated carbocycles. The van der Waals surface area contributed by atoms with Gasteiger partial charge in [0.05, 0.1) is 11.9 Å². The molecule has 19 heavy (non-hydrogen) atoms. The van der Waals surface area contributed by atoms with Gasteiger partial charge in [0.2, 0.25) is 11.9 Å². The summed E-state index contributed by atoms with van der Waals surface area (Å²) in [4.78, 5) is 21.9. The van der Waals surface area contributed by atoms with Crippen molar-refractivity contribution in [3.05, 3.63) is 10.9 Å². The van der Waals surface area contributed by atoms with E-state index in [4.69, 9.17) is 5.73 Å². The standard InChI is InChI=1S/C12H17N5OS/c1-3-4-14-9(18)6-15-10-8-5-7(2)19-11(8)17-12(13)16-10/h5H,3-4,6H2,1-2H3,(H,14,18)(H3,13,15,16,17). The highest BCUT2D eigenvalue weighted by molar-refractivity contribution is 7.18. The van der Waals surface area contributed by atoms with E-state index in [1.165, 1.54) is 0 Å². The topological polar surface area (TPSA) is 92.9 Å². The average Bonchev–Trinajstić information content (AvgIpc) is 2.73. The van der Waals surface area contributed by atoms with Gasteiger partial charge in [-0.05, 0) is 19.4 Å². The molecule has 0 radical (unpaired) electrons. The lowest BCUT2D eigenvalue weighted by Gasteiger charge is -2.07. The molecule has 4 N–H and O–H groups in total. The Balaban J connectivity index is 2.13. The van der Waals surface area contributed by atoms with Crippen molar-refractivity contribution in [2.24, 2.45) is 0 Å². The summed E-state index contributed by atoms with van der Waals surface area (Å²) in [6.07, 6.45) is 0.917. The van der Waals surface area contributed by atoms with Crippen LogP contribution in [0.4, 0.5) is 11.8 Å². The molecule has 2 aromatic heterocycles. The van der Waals surface area contributed by atoms with Crippen LogP contribution >= 0.6 is 11.3 Å². The second-order valence-electron chi connectivity index (χ2n) is 4.21. The molecule has 0 bridgehead atoms. The number of thiophene rings is 1. The van der Waals surface area contributed by atoms with E-state index in [2.05, 4.69) is 20.6 Å². The Bertz CT molecular complexity index is 595. The van der Waals surface area contributed by atoms with Crippen molar-refractivity contribution < 1.29 is 4.79 Å². The molecule has 0 unspecified atom stereocenters. The van der Waals surface area contributed by atoms with Gasteiger partial charge in [-0.3, -0.25) is 4.79 Å². The number of rotatable bonds is 5. The van der Waals surface area contributed by atoms with Gasteiger partial charge in [0, 0.05) is 11.4 Å². The maximum atomic E-state index is 11.6. The lowest BCUT2D eigenvalue weighted by atomic mass is 10.3. The Morgan fingerprint density at radius 2 is 2.26 bits per heavy atom. The van der Waals surface area contributed by atoms with Crippen molar-refractivity contribution in [1.29, 1.82) is 0 Å². The van der Waals surface area contributed by atoms with E-state index in [9.17, 15) is 4.79 Å². The SMILES string of the molecule is CCCNC(=O)CNc1nc(N)nc2sc(C)cc12. The third-order valence-electron chi connectivity index (χ3n) is 2.52. The Labute approximate surface area is 115 Å². The van der Waals surface area contributed by atoms with Crippen LogP contribution in [0.5, 0.6) is 0 Å². The molecule has 0 spiro atoms. The fourth-order valence-corrected chi connectivity index (χ4v) is 2.57. The molecular formula is C12H17N5OS. The van der Waals surface area contributed by atoms with Gasteiger partial charge in [0.15, 0.2) is 0 Å². The molecule has 0 aliphatic heterocycles. The predicted octanol–water partition coefficient (Wildman–Crippen LogP) is 1.52. The van der Waals surface area contributed by atoms with Gasteiger partial charge in [0.25, 0.3) is 0 Å². The van der Waals surface area contributed by atoms with Crippen molar-refractivity contribution in [2.75, 3.05) is 24.1 Å². The fraction of sp³-hybridized carbons (Fsp3) is 0.417. The summed E-state index contributed by atoms with van der Waals surface area (Å²) in [6.45, 7) is 4.87. The normalized spacial score (nSPS) is 10.6. The van der Waals surface area contributed by atoms with Gasteiger partial charge in [-0.1, -0.05) is 6.92 Å². The first-order valence-corrected chi connectivity index (χ1v) is 6.96. The van der Waals surface area contributed by atoms with Crippen LogP contribution in [0.3, 0.4) is 0 Å². The molecule has 0 aromatic carbocycles. The molecule has 1 amide bonds. The number of amides is 1. The van der Waals surface area contributed by atoms with E-state index in [1.807, 2.05) is 19.9 Å². The number of nitrogens with zero attached hydrogens (tertiary/aromatic N) is 2. The number of hydrogen-bond donors (Lipinski definition) is 3. The fourth-order valence-electron chi connectivity index (χ4n) is 1.68. The maximum Gasteiger partial charge on any atom is 0.239 e. The number of hydrogen-bond acceptors (Lipinski definition) is 6. The summed E-state index contributed by atoms with van der Waals surface area (Å²) in [5.41, 5.74) is 5.66. The molecule has 0 aliphatic carbocycles. The van der Waals surface area contributed by atoms with Crippen LogP contribution in [0.15, 0.2) is 6.07 Å². The summed E-state index contributed by atoms with van der Waals surface area (Å²) in [5, 5.41) is 6.71. The summed E-state index contributed by atoms with van der Waals surface area (Å²) >= 11 is 1.56. The van der Waals surface area contributed by atoms with E-state index in [0.717, 1.165) is 21.5 Å². The lowest BCUT2D eigenvalue weighted by Crippen LogP contribution is -2.30. The molecule has 0 atom stereocenters. The number of anilines is 2. The van der Waals surface area contributed by atoms with E-state index >= 15 is 0 Å². The Hall–Kier alpha value is -1.89. The molecule has 0 saturated heterocycles. The number of carbonyl (C=O) groups excluding carboxylic acids is 1. The summed E-state index contributed by atoms with van der Waals surface area (Å²) in [7, 11) is 0. The van der Waals surface area contributed by atoms with Crippen LogP contribution < -0.4 is 16.4 Å². The van der Waals surface area contributed by atoms with Crippen molar-refractivity contribution in [2.45, 2.75) is 20.3 Å². The van der Waals surface area contributed by atoms with Gasteiger partial charge in [0.1, 0.15) is 10.6 Å². The van der Waals surface area contributed by atoms with Gasteiger partial charge in [-0.2, -0.15) is 4.98 Å². The van der Waals surface area contributed by atoms with E-state index in [-0.39, 0.29) is 18.4 Å². The number of aromatic nitrogens is 2. The zero-order valence-electron chi connectivity index (χ0n) is 11.0. The summed E-state index contributed by atoms with van der Waals surface area (Å²) in [5.74, 6) is 0.767. The number of nitrogen functional groups attached to an aromatic ring is 1. The van der Waals surface area contributed by atoms with Crippen molar-refractivity contribution in [1.82, 2.24) is 15.3 Å². The molecule has 6 nitrogen and oxygen atoms in total. The second-order valence-corrected chi connectivity index (χ2v) is 5.44. The Morgan fingerprint density at radius 3 is 3.00 bits per heavy atom. The molecule has 2 rings (SSSR count). The monoisotopic (exact) mass is 279 g/mol. The number of aryl methyl sites for hydroxylation is 1. The second kappa shape index (κ2) is 5.83. The van der Waals surface area contributed by atoms with Crippen molar-refractivity contribution >= 4 is 39.2 Å². The number of carbonyl (C=O) groups is 1. The van der Waals surface area contributed by atoms with Crippen molar-refractivity contribution in [3.63, 3.8) is 0 Å². The zero-order chi connectivity index (χ0) is 13.8.